The fourth-order valence-electron chi connectivity index (χ4n) is 3.10. The van der Waals surface area contributed by atoms with E-state index in [0.717, 1.165) is 11.1 Å². The van der Waals surface area contributed by atoms with E-state index >= 15 is 0 Å². The lowest BCUT2D eigenvalue weighted by Crippen LogP contribution is -2.15. The van der Waals surface area contributed by atoms with Crippen LogP contribution in [0, 0.1) is 0 Å². The van der Waals surface area contributed by atoms with Gasteiger partial charge < -0.3 is 0 Å². The molecule has 2 aromatic carbocycles. The van der Waals surface area contributed by atoms with E-state index in [0.29, 0.717) is 37.3 Å². The summed E-state index contributed by atoms with van der Waals surface area (Å²) in [7, 11) is 0. The van der Waals surface area contributed by atoms with Crippen LogP contribution < -0.4 is 11.4 Å². The van der Waals surface area contributed by atoms with Crippen molar-refractivity contribution in [3.63, 3.8) is 0 Å². The van der Waals surface area contributed by atoms with E-state index in [1.54, 1.807) is 12.4 Å². The maximum absolute atomic E-state index is 12.0. The standard InChI is InChI=1S/C22H22N8O2/c31-21-27-25-19(15-17-9-3-1-4-10-17)29(21)23-13-7-8-14-24-30-20(26-28-22(30)32)16-18-11-5-2-6-12-18/h1-6,9-14H,7-8,15-16H2,(H,27,31)(H,28,32)/b23-13+,24-14+. The van der Waals surface area contributed by atoms with Crippen molar-refractivity contribution in [3.8, 4) is 0 Å². The zero-order valence-electron chi connectivity index (χ0n) is 17.3. The minimum Gasteiger partial charge on any atom is -0.244 e. The normalized spacial score (nSPS) is 11.6. The predicted molar refractivity (Wildman–Crippen MR) is 121 cm³/mol. The van der Waals surface area contributed by atoms with Gasteiger partial charge in [-0.25, -0.2) is 19.8 Å². The molecule has 10 nitrogen and oxygen atoms in total. The molecular formula is C22H22N8O2. The van der Waals surface area contributed by atoms with Crippen LogP contribution in [0.5, 0.6) is 0 Å². The highest BCUT2D eigenvalue weighted by Crippen LogP contribution is 2.06. The SMILES string of the molecule is O=c1[nH]nc(Cc2ccccc2)n1/N=C/CC/C=N/n1c(Cc2ccccc2)n[nH]c1=O. The molecule has 0 saturated carbocycles. The lowest BCUT2D eigenvalue weighted by atomic mass is 10.1. The quantitative estimate of drug-likeness (QED) is 0.310. The molecule has 0 spiro atoms. The summed E-state index contributed by atoms with van der Waals surface area (Å²) in [6, 6.07) is 19.5. The minimum absolute atomic E-state index is 0.392. The Morgan fingerprint density at radius 1 is 0.688 bits per heavy atom. The molecule has 0 fully saturated rings. The van der Waals surface area contributed by atoms with Gasteiger partial charge in [-0.05, 0) is 24.0 Å². The molecule has 0 aliphatic heterocycles. The number of aromatic amines is 2. The fraction of sp³-hybridized carbons (Fsp3) is 0.182. The molecular weight excluding hydrogens is 408 g/mol. The van der Waals surface area contributed by atoms with Gasteiger partial charge in [0.25, 0.3) is 0 Å². The first kappa shape index (κ1) is 20.9. The number of rotatable bonds is 9. The van der Waals surface area contributed by atoms with Gasteiger partial charge in [0, 0.05) is 25.3 Å². The second-order valence-corrected chi connectivity index (χ2v) is 7.01. The zero-order chi connectivity index (χ0) is 22.2. The van der Waals surface area contributed by atoms with Crippen molar-refractivity contribution in [1.82, 2.24) is 29.7 Å². The van der Waals surface area contributed by atoms with Gasteiger partial charge in [-0.1, -0.05) is 60.7 Å². The average molecular weight is 430 g/mol. The molecule has 0 unspecified atom stereocenters. The Morgan fingerprint density at radius 3 is 1.50 bits per heavy atom. The van der Waals surface area contributed by atoms with Crippen LogP contribution in [-0.2, 0) is 12.8 Å². The van der Waals surface area contributed by atoms with Gasteiger partial charge in [-0.3, -0.25) is 0 Å². The molecule has 162 valence electrons. The number of aromatic nitrogens is 6. The minimum atomic E-state index is -0.392. The molecule has 4 aromatic rings. The summed E-state index contributed by atoms with van der Waals surface area (Å²) in [6.07, 6.45) is 5.30. The molecule has 0 bridgehead atoms. The number of nitrogens with zero attached hydrogens (tertiary/aromatic N) is 6. The van der Waals surface area contributed by atoms with Gasteiger partial charge in [0.15, 0.2) is 11.6 Å². The van der Waals surface area contributed by atoms with Crippen molar-refractivity contribution < 1.29 is 0 Å². The Kier molecular flexibility index (Phi) is 6.61. The Morgan fingerprint density at radius 2 is 1.09 bits per heavy atom. The Balaban J connectivity index is 1.35. The number of H-pyrrole nitrogens is 2. The third-order valence-electron chi connectivity index (χ3n) is 4.66. The summed E-state index contributed by atoms with van der Waals surface area (Å²) in [5.41, 5.74) is 1.28. The van der Waals surface area contributed by atoms with Crippen LogP contribution in [0.25, 0.3) is 0 Å². The van der Waals surface area contributed by atoms with Crippen LogP contribution in [0.3, 0.4) is 0 Å². The number of benzene rings is 2. The topological polar surface area (TPSA) is 126 Å². The molecule has 2 aromatic heterocycles. The fourth-order valence-corrected chi connectivity index (χ4v) is 3.10. The third kappa shape index (κ3) is 5.22. The molecule has 0 aliphatic carbocycles. The van der Waals surface area contributed by atoms with Crippen molar-refractivity contribution in [2.24, 2.45) is 10.2 Å². The summed E-state index contributed by atoms with van der Waals surface area (Å²) in [5, 5.41) is 21.4. The zero-order valence-corrected chi connectivity index (χ0v) is 17.3. The van der Waals surface area contributed by atoms with Crippen molar-refractivity contribution in [2.75, 3.05) is 0 Å². The Hall–Kier alpha value is -4.34. The van der Waals surface area contributed by atoms with Crippen molar-refractivity contribution in [3.05, 3.63) is 104 Å². The number of hydrogen-bond donors (Lipinski definition) is 2. The second-order valence-electron chi connectivity index (χ2n) is 7.01. The van der Waals surface area contributed by atoms with Gasteiger partial charge in [-0.2, -0.15) is 29.8 Å². The van der Waals surface area contributed by atoms with Crippen LogP contribution in [-0.4, -0.2) is 42.2 Å². The van der Waals surface area contributed by atoms with Crippen molar-refractivity contribution in [1.29, 1.82) is 0 Å². The Bertz CT molecular complexity index is 1210. The first-order valence-electron chi connectivity index (χ1n) is 10.2. The van der Waals surface area contributed by atoms with Crippen LogP contribution in [0.2, 0.25) is 0 Å². The van der Waals surface area contributed by atoms with E-state index < -0.39 is 11.4 Å². The molecule has 0 aliphatic rings. The third-order valence-corrected chi connectivity index (χ3v) is 4.66. The maximum Gasteiger partial charge on any atom is 0.364 e. The van der Waals surface area contributed by atoms with Gasteiger partial charge >= 0.3 is 11.4 Å². The van der Waals surface area contributed by atoms with Crippen molar-refractivity contribution in [2.45, 2.75) is 25.7 Å². The van der Waals surface area contributed by atoms with Gasteiger partial charge in [0.2, 0.25) is 0 Å². The van der Waals surface area contributed by atoms with Gasteiger partial charge in [-0.15, -0.1) is 0 Å². The highest BCUT2D eigenvalue weighted by Gasteiger charge is 2.08. The highest BCUT2D eigenvalue weighted by atomic mass is 16.2. The first-order valence-corrected chi connectivity index (χ1v) is 10.2. The van der Waals surface area contributed by atoms with E-state index in [4.69, 9.17) is 0 Å². The monoisotopic (exact) mass is 430 g/mol. The molecule has 0 saturated heterocycles. The van der Waals surface area contributed by atoms with E-state index in [-0.39, 0.29) is 0 Å². The molecule has 0 amide bonds. The summed E-state index contributed by atoms with van der Waals surface area (Å²) in [4.78, 5) is 24.0. The molecule has 0 atom stereocenters. The molecule has 32 heavy (non-hydrogen) atoms. The summed E-state index contributed by atoms with van der Waals surface area (Å²) < 4.78 is 2.51. The summed E-state index contributed by atoms with van der Waals surface area (Å²) in [6.45, 7) is 0. The van der Waals surface area contributed by atoms with E-state index in [2.05, 4.69) is 30.6 Å². The Labute approximate surface area is 183 Å². The van der Waals surface area contributed by atoms with E-state index in [1.807, 2.05) is 60.7 Å². The lowest BCUT2D eigenvalue weighted by Gasteiger charge is -2.00. The molecule has 4 rings (SSSR count). The molecule has 0 radical (unpaired) electrons. The summed E-state index contributed by atoms with van der Waals surface area (Å²) >= 11 is 0. The van der Waals surface area contributed by atoms with Crippen LogP contribution in [0.4, 0.5) is 0 Å². The molecule has 2 N–H and O–H groups in total. The highest BCUT2D eigenvalue weighted by molar-refractivity contribution is 5.65. The van der Waals surface area contributed by atoms with Crippen LogP contribution >= 0.6 is 0 Å². The van der Waals surface area contributed by atoms with Crippen LogP contribution in [0.15, 0.2) is 80.5 Å². The molecule has 10 heteroatoms. The average Bonchev–Trinajstić information content (AvgIpc) is 3.34. The summed E-state index contributed by atoms with van der Waals surface area (Å²) in [5.74, 6) is 1.06. The predicted octanol–water partition coefficient (Wildman–Crippen LogP) is 1.79. The lowest BCUT2D eigenvalue weighted by molar-refractivity contribution is 0.767. The number of unbranched alkanes of at least 4 members (excludes halogenated alkanes) is 1. The van der Waals surface area contributed by atoms with Gasteiger partial charge in [0.05, 0.1) is 0 Å². The first-order chi connectivity index (χ1) is 15.7. The smallest absolute Gasteiger partial charge is 0.244 e. The van der Waals surface area contributed by atoms with Crippen molar-refractivity contribution >= 4 is 12.4 Å². The number of hydrogen-bond acceptors (Lipinski definition) is 6. The second kappa shape index (κ2) is 10.1. The largest absolute Gasteiger partial charge is 0.364 e. The maximum atomic E-state index is 12.0. The van der Waals surface area contributed by atoms with Crippen LogP contribution in [0.1, 0.15) is 35.6 Å². The molecule has 2 heterocycles. The van der Waals surface area contributed by atoms with E-state index in [9.17, 15) is 9.59 Å². The van der Waals surface area contributed by atoms with Gasteiger partial charge in [0.1, 0.15) is 0 Å². The number of nitrogens with one attached hydrogen (secondary N) is 2. The van der Waals surface area contributed by atoms with E-state index in [1.165, 1.54) is 9.35 Å².